The summed E-state index contributed by atoms with van der Waals surface area (Å²) < 4.78 is 5.16. The summed E-state index contributed by atoms with van der Waals surface area (Å²) in [6, 6.07) is 8.44. The lowest BCUT2D eigenvalue weighted by Crippen LogP contribution is -2.42. The third kappa shape index (κ3) is 4.02. The second-order valence-corrected chi connectivity index (χ2v) is 4.60. The molecule has 84 valence electrons. The van der Waals surface area contributed by atoms with Crippen molar-refractivity contribution in [1.29, 1.82) is 0 Å². The number of hydrogen-bond donors (Lipinski definition) is 1. The van der Waals surface area contributed by atoms with Gasteiger partial charge in [0.1, 0.15) is 0 Å². The predicted octanol–water partition coefficient (Wildman–Crippen LogP) is 2.51. The van der Waals surface area contributed by atoms with Crippen molar-refractivity contribution >= 4 is 0 Å². The number of hydrogen-bond acceptors (Lipinski definition) is 2. The maximum atomic E-state index is 5.16. The maximum Gasteiger partial charge on any atom is 0.0639 e. The fraction of sp³-hybridized carbons (Fsp3) is 0.538. The molecule has 1 N–H and O–H groups in total. The number of nitrogens with one attached hydrogen (secondary N) is 1. The van der Waals surface area contributed by atoms with Crippen molar-refractivity contribution in [3.8, 4) is 0 Å². The molecule has 0 saturated carbocycles. The van der Waals surface area contributed by atoms with Crippen LogP contribution in [0.1, 0.15) is 25.0 Å². The average molecular weight is 207 g/mol. The molecule has 15 heavy (non-hydrogen) atoms. The van der Waals surface area contributed by atoms with E-state index in [-0.39, 0.29) is 5.54 Å². The van der Waals surface area contributed by atoms with Crippen LogP contribution >= 0.6 is 0 Å². The first-order valence-corrected chi connectivity index (χ1v) is 5.33. The second-order valence-electron chi connectivity index (χ2n) is 4.60. The normalized spacial score (nSPS) is 11.7. The summed E-state index contributed by atoms with van der Waals surface area (Å²) in [6.07, 6.45) is 0. The first-order chi connectivity index (χ1) is 7.05. The zero-order valence-corrected chi connectivity index (χ0v) is 10.1. The molecule has 0 aliphatic rings. The van der Waals surface area contributed by atoms with E-state index in [0.29, 0.717) is 0 Å². The summed E-state index contributed by atoms with van der Waals surface area (Å²) in [5, 5.41) is 3.49. The molecule has 0 unspecified atom stereocenters. The first kappa shape index (κ1) is 12.2. The molecule has 0 heterocycles. The van der Waals surface area contributed by atoms with Crippen molar-refractivity contribution in [3.05, 3.63) is 35.4 Å². The number of rotatable bonds is 5. The number of aryl methyl sites for hydroxylation is 1. The van der Waals surface area contributed by atoms with Crippen LogP contribution in [0.5, 0.6) is 0 Å². The third-order valence-corrected chi connectivity index (χ3v) is 2.52. The molecule has 0 bridgehead atoms. The summed E-state index contributed by atoms with van der Waals surface area (Å²) in [5.41, 5.74) is 2.71. The smallest absolute Gasteiger partial charge is 0.0639 e. The van der Waals surface area contributed by atoms with Crippen LogP contribution in [0.25, 0.3) is 0 Å². The number of ether oxygens (including phenoxy) is 1. The SMILES string of the molecule is COCC(C)(C)NCc1ccccc1C. The molecule has 0 atom stereocenters. The van der Waals surface area contributed by atoms with Crippen LogP contribution in [0, 0.1) is 6.92 Å². The lowest BCUT2D eigenvalue weighted by Gasteiger charge is -2.25. The second kappa shape index (κ2) is 5.29. The molecule has 0 aliphatic carbocycles. The molecule has 0 fully saturated rings. The zero-order valence-electron chi connectivity index (χ0n) is 10.1. The molecule has 1 aromatic carbocycles. The third-order valence-electron chi connectivity index (χ3n) is 2.52. The van der Waals surface area contributed by atoms with E-state index in [9.17, 15) is 0 Å². The van der Waals surface area contributed by atoms with E-state index in [1.54, 1.807) is 7.11 Å². The van der Waals surface area contributed by atoms with Crippen LogP contribution < -0.4 is 5.32 Å². The van der Waals surface area contributed by atoms with Crippen molar-refractivity contribution in [3.63, 3.8) is 0 Å². The van der Waals surface area contributed by atoms with Gasteiger partial charge in [0.2, 0.25) is 0 Å². The Morgan fingerprint density at radius 2 is 1.93 bits per heavy atom. The van der Waals surface area contributed by atoms with E-state index in [0.717, 1.165) is 13.2 Å². The summed E-state index contributed by atoms with van der Waals surface area (Å²) >= 11 is 0. The van der Waals surface area contributed by atoms with Gasteiger partial charge in [-0.3, -0.25) is 0 Å². The quantitative estimate of drug-likeness (QED) is 0.801. The molecule has 1 aromatic rings. The first-order valence-electron chi connectivity index (χ1n) is 5.33. The Balaban J connectivity index is 2.53. The van der Waals surface area contributed by atoms with Crippen LogP contribution in [-0.2, 0) is 11.3 Å². The van der Waals surface area contributed by atoms with Gasteiger partial charge in [-0.05, 0) is 31.9 Å². The standard InChI is InChI=1S/C13H21NO/c1-11-7-5-6-8-12(11)9-14-13(2,3)10-15-4/h5-8,14H,9-10H2,1-4H3. The minimum atomic E-state index is 0.0248. The van der Waals surface area contributed by atoms with Gasteiger partial charge in [-0.1, -0.05) is 24.3 Å². The zero-order chi connectivity index (χ0) is 11.3. The Morgan fingerprint density at radius 3 is 2.53 bits per heavy atom. The highest BCUT2D eigenvalue weighted by Gasteiger charge is 2.16. The van der Waals surface area contributed by atoms with E-state index in [4.69, 9.17) is 4.74 Å². The van der Waals surface area contributed by atoms with E-state index in [1.807, 2.05) is 0 Å². The van der Waals surface area contributed by atoms with Crippen molar-refractivity contribution in [2.75, 3.05) is 13.7 Å². The monoisotopic (exact) mass is 207 g/mol. The highest BCUT2D eigenvalue weighted by molar-refractivity contribution is 5.25. The molecular formula is C13H21NO. The van der Waals surface area contributed by atoms with Gasteiger partial charge in [-0.25, -0.2) is 0 Å². The van der Waals surface area contributed by atoms with Crippen molar-refractivity contribution < 1.29 is 4.74 Å². The minimum Gasteiger partial charge on any atom is -0.383 e. The van der Waals surface area contributed by atoms with Crippen molar-refractivity contribution in [1.82, 2.24) is 5.32 Å². The molecule has 1 rings (SSSR count). The largest absolute Gasteiger partial charge is 0.383 e. The van der Waals surface area contributed by atoms with Gasteiger partial charge in [0.05, 0.1) is 6.61 Å². The van der Waals surface area contributed by atoms with Gasteiger partial charge in [0.15, 0.2) is 0 Å². The molecule has 0 aromatic heterocycles. The average Bonchev–Trinajstić information content (AvgIpc) is 2.16. The summed E-state index contributed by atoms with van der Waals surface area (Å²) in [5.74, 6) is 0. The predicted molar refractivity (Wildman–Crippen MR) is 64.0 cm³/mol. The fourth-order valence-corrected chi connectivity index (χ4v) is 1.55. The summed E-state index contributed by atoms with van der Waals surface area (Å²) in [6.45, 7) is 8.05. The van der Waals surface area contributed by atoms with Crippen LogP contribution in [0.4, 0.5) is 0 Å². The Hall–Kier alpha value is -0.860. The van der Waals surface area contributed by atoms with E-state index < -0.39 is 0 Å². The van der Waals surface area contributed by atoms with Crippen molar-refractivity contribution in [2.45, 2.75) is 32.9 Å². The highest BCUT2D eigenvalue weighted by atomic mass is 16.5. The lowest BCUT2D eigenvalue weighted by molar-refractivity contribution is 0.127. The maximum absolute atomic E-state index is 5.16. The molecule has 0 amide bonds. The topological polar surface area (TPSA) is 21.3 Å². The highest BCUT2D eigenvalue weighted by Crippen LogP contribution is 2.09. The fourth-order valence-electron chi connectivity index (χ4n) is 1.55. The minimum absolute atomic E-state index is 0.0248. The van der Waals surface area contributed by atoms with Gasteiger partial charge < -0.3 is 10.1 Å². The Kier molecular flexibility index (Phi) is 4.30. The molecular weight excluding hydrogens is 186 g/mol. The number of benzene rings is 1. The Morgan fingerprint density at radius 1 is 1.27 bits per heavy atom. The van der Waals surface area contributed by atoms with E-state index >= 15 is 0 Å². The van der Waals surface area contributed by atoms with Crippen molar-refractivity contribution in [2.24, 2.45) is 0 Å². The van der Waals surface area contributed by atoms with Crippen LogP contribution in [0.3, 0.4) is 0 Å². The van der Waals surface area contributed by atoms with Crippen LogP contribution in [0.15, 0.2) is 24.3 Å². The molecule has 0 saturated heterocycles. The number of methoxy groups -OCH3 is 1. The summed E-state index contributed by atoms with van der Waals surface area (Å²) in [4.78, 5) is 0. The van der Waals surface area contributed by atoms with Gasteiger partial charge in [0, 0.05) is 19.2 Å². The molecule has 0 aliphatic heterocycles. The lowest BCUT2D eigenvalue weighted by atomic mass is 10.0. The molecule has 2 heteroatoms. The molecule has 2 nitrogen and oxygen atoms in total. The van der Waals surface area contributed by atoms with Gasteiger partial charge in [-0.15, -0.1) is 0 Å². The van der Waals surface area contributed by atoms with Gasteiger partial charge in [0.25, 0.3) is 0 Å². The van der Waals surface area contributed by atoms with Gasteiger partial charge in [-0.2, -0.15) is 0 Å². The summed E-state index contributed by atoms with van der Waals surface area (Å²) in [7, 11) is 1.73. The Labute approximate surface area is 92.6 Å². The molecule has 0 radical (unpaired) electrons. The van der Waals surface area contributed by atoms with E-state index in [1.165, 1.54) is 11.1 Å². The van der Waals surface area contributed by atoms with E-state index in [2.05, 4.69) is 50.4 Å². The molecule has 0 spiro atoms. The van der Waals surface area contributed by atoms with Crippen LogP contribution in [-0.4, -0.2) is 19.3 Å². The Bertz CT molecular complexity index is 307. The van der Waals surface area contributed by atoms with Gasteiger partial charge >= 0.3 is 0 Å². The van der Waals surface area contributed by atoms with Crippen LogP contribution in [0.2, 0.25) is 0 Å².